The number of hydrogen-bond acceptors (Lipinski definition) is 4. The predicted molar refractivity (Wildman–Crippen MR) is 75.8 cm³/mol. The van der Waals surface area contributed by atoms with Gasteiger partial charge in [-0.3, -0.25) is 0 Å². The third kappa shape index (κ3) is 2.43. The minimum Gasteiger partial charge on any atom is -0.487 e. The summed E-state index contributed by atoms with van der Waals surface area (Å²) in [6, 6.07) is 13.0. The highest BCUT2D eigenvalue weighted by Crippen LogP contribution is 2.37. The molecule has 1 aliphatic heterocycles. The molecule has 0 atom stereocenters. The number of ether oxygens (including phenoxy) is 3. The fraction of sp³-hybridized carbons (Fsp3) is 0.133. The second-order valence-corrected chi connectivity index (χ2v) is 5.05. The van der Waals surface area contributed by atoms with Gasteiger partial charge in [-0.2, -0.15) is 5.26 Å². The highest BCUT2D eigenvalue weighted by molar-refractivity contribution is 9.10. The molecule has 0 bridgehead atoms. The van der Waals surface area contributed by atoms with Crippen molar-refractivity contribution in [1.82, 2.24) is 0 Å². The van der Waals surface area contributed by atoms with Crippen LogP contribution in [0.3, 0.4) is 0 Å². The van der Waals surface area contributed by atoms with E-state index in [2.05, 4.69) is 22.0 Å². The van der Waals surface area contributed by atoms with Crippen LogP contribution in [0.1, 0.15) is 11.1 Å². The standard InChI is InChI=1S/C15H10BrNO3/c16-12-6-15-14(19-9-20-15)5-11(12)8-18-13-4-2-1-3-10(13)7-17/h1-6H,8-9H2. The van der Waals surface area contributed by atoms with Gasteiger partial charge >= 0.3 is 0 Å². The van der Waals surface area contributed by atoms with Crippen LogP contribution < -0.4 is 14.2 Å². The van der Waals surface area contributed by atoms with Gasteiger partial charge in [0, 0.05) is 10.0 Å². The van der Waals surface area contributed by atoms with Crippen molar-refractivity contribution in [2.75, 3.05) is 6.79 Å². The van der Waals surface area contributed by atoms with E-state index in [1.807, 2.05) is 24.3 Å². The lowest BCUT2D eigenvalue weighted by Gasteiger charge is -2.10. The Bertz CT molecular complexity index is 694. The van der Waals surface area contributed by atoms with Gasteiger partial charge in [-0.25, -0.2) is 0 Å². The lowest BCUT2D eigenvalue weighted by atomic mass is 10.2. The van der Waals surface area contributed by atoms with Crippen molar-refractivity contribution in [2.24, 2.45) is 0 Å². The van der Waals surface area contributed by atoms with Gasteiger partial charge in [-0.1, -0.05) is 28.1 Å². The number of rotatable bonds is 3. The summed E-state index contributed by atoms with van der Waals surface area (Å²) < 4.78 is 17.2. The van der Waals surface area contributed by atoms with E-state index in [4.69, 9.17) is 19.5 Å². The molecule has 2 aromatic rings. The number of halogens is 1. The lowest BCUT2D eigenvalue weighted by molar-refractivity contribution is 0.174. The summed E-state index contributed by atoms with van der Waals surface area (Å²) in [5, 5.41) is 9.02. The van der Waals surface area contributed by atoms with Crippen LogP contribution in [0.4, 0.5) is 0 Å². The Kier molecular flexibility index (Phi) is 3.48. The van der Waals surface area contributed by atoms with Crippen LogP contribution in [0.25, 0.3) is 0 Å². The summed E-state index contributed by atoms with van der Waals surface area (Å²) in [5.41, 5.74) is 1.45. The Morgan fingerprint density at radius 3 is 2.75 bits per heavy atom. The third-order valence-electron chi connectivity index (χ3n) is 2.93. The van der Waals surface area contributed by atoms with Gasteiger partial charge in [0.05, 0.1) is 5.56 Å². The Morgan fingerprint density at radius 2 is 1.95 bits per heavy atom. The molecule has 0 aromatic heterocycles. The molecule has 5 heteroatoms. The first kappa shape index (κ1) is 12.8. The summed E-state index contributed by atoms with van der Waals surface area (Å²) in [6.07, 6.45) is 0. The molecule has 4 nitrogen and oxygen atoms in total. The Balaban J connectivity index is 1.81. The van der Waals surface area contributed by atoms with Crippen molar-refractivity contribution in [1.29, 1.82) is 5.26 Å². The molecule has 0 saturated carbocycles. The van der Waals surface area contributed by atoms with Gasteiger partial charge < -0.3 is 14.2 Å². The fourth-order valence-corrected chi connectivity index (χ4v) is 2.35. The molecule has 0 saturated heterocycles. The molecule has 1 aliphatic rings. The molecule has 20 heavy (non-hydrogen) atoms. The van der Waals surface area contributed by atoms with Crippen LogP contribution in [0, 0.1) is 11.3 Å². The van der Waals surface area contributed by atoms with Crippen molar-refractivity contribution < 1.29 is 14.2 Å². The zero-order chi connectivity index (χ0) is 13.9. The lowest BCUT2D eigenvalue weighted by Crippen LogP contribution is -1.98. The second-order valence-electron chi connectivity index (χ2n) is 4.19. The topological polar surface area (TPSA) is 51.5 Å². The van der Waals surface area contributed by atoms with Gasteiger partial charge in [0.15, 0.2) is 11.5 Å². The van der Waals surface area contributed by atoms with E-state index in [0.29, 0.717) is 23.7 Å². The van der Waals surface area contributed by atoms with Crippen molar-refractivity contribution in [2.45, 2.75) is 6.61 Å². The number of benzene rings is 2. The maximum Gasteiger partial charge on any atom is 0.231 e. The monoisotopic (exact) mass is 331 g/mol. The fourth-order valence-electron chi connectivity index (χ4n) is 1.91. The molecule has 0 N–H and O–H groups in total. The summed E-state index contributed by atoms with van der Waals surface area (Å²) in [4.78, 5) is 0. The summed E-state index contributed by atoms with van der Waals surface area (Å²) >= 11 is 3.48. The average Bonchev–Trinajstić information content (AvgIpc) is 2.92. The van der Waals surface area contributed by atoms with E-state index in [-0.39, 0.29) is 6.79 Å². The molecule has 100 valence electrons. The Morgan fingerprint density at radius 1 is 1.20 bits per heavy atom. The first-order chi connectivity index (χ1) is 9.78. The molecule has 0 spiro atoms. The zero-order valence-corrected chi connectivity index (χ0v) is 12.0. The van der Waals surface area contributed by atoms with Gasteiger partial charge in [-0.05, 0) is 24.3 Å². The highest BCUT2D eigenvalue weighted by atomic mass is 79.9. The van der Waals surface area contributed by atoms with Crippen molar-refractivity contribution in [3.63, 3.8) is 0 Å². The van der Waals surface area contributed by atoms with E-state index in [1.165, 1.54) is 0 Å². The molecule has 2 aromatic carbocycles. The van der Waals surface area contributed by atoms with E-state index in [9.17, 15) is 0 Å². The SMILES string of the molecule is N#Cc1ccccc1OCc1cc2c(cc1Br)OCO2. The molecular formula is C15H10BrNO3. The van der Waals surface area contributed by atoms with Crippen molar-refractivity contribution in [3.05, 3.63) is 52.0 Å². The zero-order valence-electron chi connectivity index (χ0n) is 10.4. The summed E-state index contributed by atoms with van der Waals surface area (Å²) in [6.45, 7) is 0.583. The molecule has 3 rings (SSSR count). The quantitative estimate of drug-likeness (QED) is 0.861. The maximum absolute atomic E-state index is 9.02. The first-order valence-corrected chi connectivity index (χ1v) is 6.77. The number of para-hydroxylation sites is 1. The molecule has 1 heterocycles. The van der Waals surface area contributed by atoms with E-state index in [0.717, 1.165) is 15.8 Å². The third-order valence-corrected chi connectivity index (χ3v) is 3.67. The average molecular weight is 332 g/mol. The minimum atomic E-state index is 0.239. The van der Waals surface area contributed by atoms with Crippen LogP contribution in [0.5, 0.6) is 17.2 Å². The second kappa shape index (κ2) is 5.43. The smallest absolute Gasteiger partial charge is 0.231 e. The predicted octanol–water partition coefficient (Wildman–Crippen LogP) is 3.63. The maximum atomic E-state index is 9.02. The summed E-state index contributed by atoms with van der Waals surface area (Å²) in [5.74, 6) is 2.00. The first-order valence-electron chi connectivity index (χ1n) is 5.98. The molecule has 0 unspecified atom stereocenters. The molecular weight excluding hydrogens is 322 g/mol. The van der Waals surface area contributed by atoms with Crippen LogP contribution in [0.15, 0.2) is 40.9 Å². The largest absolute Gasteiger partial charge is 0.487 e. The van der Waals surface area contributed by atoms with Crippen molar-refractivity contribution >= 4 is 15.9 Å². The number of nitriles is 1. The van der Waals surface area contributed by atoms with E-state index in [1.54, 1.807) is 12.1 Å². The minimum absolute atomic E-state index is 0.239. The number of hydrogen-bond donors (Lipinski definition) is 0. The highest BCUT2D eigenvalue weighted by Gasteiger charge is 2.16. The van der Waals surface area contributed by atoms with E-state index >= 15 is 0 Å². The summed E-state index contributed by atoms with van der Waals surface area (Å²) in [7, 11) is 0. The molecule has 0 aliphatic carbocycles. The Labute approximate surface area is 124 Å². The van der Waals surface area contributed by atoms with Gasteiger partial charge in [0.25, 0.3) is 0 Å². The van der Waals surface area contributed by atoms with Gasteiger partial charge in [0.1, 0.15) is 18.4 Å². The van der Waals surface area contributed by atoms with Gasteiger partial charge in [0.2, 0.25) is 6.79 Å². The van der Waals surface area contributed by atoms with Crippen LogP contribution in [0.2, 0.25) is 0 Å². The molecule has 0 radical (unpaired) electrons. The van der Waals surface area contributed by atoms with Crippen LogP contribution in [-0.2, 0) is 6.61 Å². The molecule has 0 fully saturated rings. The number of nitrogens with zero attached hydrogens (tertiary/aromatic N) is 1. The van der Waals surface area contributed by atoms with Crippen LogP contribution >= 0.6 is 15.9 Å². The number of fused-ring (bicyclic) bond motifs is 1. The van der Waals surface area contributed by atoms with Crippen molar-refractivity contribution in [3.8, 4) is 23.3 Å². The van der Waals surface area contributed by atoms with Gasteiger partial charge in [-0.15, -0.1) is 0 Å². The van der Waals surface area contributed by atoms with E-state index < -0.39 is 0 Å². The normalized spacial score (nSPS) is 12.0. The molecule has 0 amide bonds. The van der Waals surface area contributed by atoms with Crippen LogP contribution in [-0.4, -0.2) is 6.79 Å². The Hall–Kier alpha value is -2.19.